The van der Waals surface area contributed by atoms with Crippen molar-refractivity contribution in [3.63, 3.8) is 0 Å². The van der Waals surface area contributed by atoms with Crippen LogP contribution in [0.1, 0.15) is 34.3 Å². The van der Waals surface area contributed by atoms with Crippen molar-refractivity contribution in [1.82, 2.24) is 21.3 Å². The van der Waals surface area contributed by atoms with E-state index in [4.69, 9.17) is 21.6 Å². The summed E-state index contributed by atoms with van der Waals surface area (Å²) in [6, 6.07) is 15.5. The van der Waals surface area contributed by atoms with Crippen molar-refractivity contribution in [2.24, 2.45) is 11.5 Å². The lowest BCUT2D eigenvalue weighted by molar-refractivity contribution is -0.132. The van der Waals surface area contributed by atoms with Gasteiger partial charge in [-0.25, -0.2) is 0 Å². The number of guanidine groups is 1. The number of aromatic hydroxyl groups is 2. The lowest BCUT2D eigenvalue weighted by Gasteiger charge is -2.25. The zero-order valence-corrected chi connectivity index (χ0v) is 25.3. The number of hydrogen-bond donors (Lipinski definition) is 9. The number of rotatable bonds is 16. The average molecular weight is 634 g/mol. The van der Waals surface area contributed by atoms with Gasteiger partial charge in [-0.15, -0.1) is 0 Å². The van der Waals surface area contributed by atoms with E-state index in [0.717, 1.165) is 5.56 Å². The van der Waals surface area contributed by atoms with Crippen molar-refractivity contribution in [1.29, 1.82) is 5.41 Å². The standard InChI is InChI=1S/C32H39N7O7/c1-46-27-18-21(11-14-26(27)41)29(43)39-25(17-20-9-12-22(40)13-10-20)31(45)37-23(8-5-15-36-32(34)35)30(44)38-24(28(33)42)16-19-6-3-2-4-7-19/h2-4,6-7,9-14,18,23-25,40-41H,5,8,15-17H2,1H3,(H2,33,42)(H,37,45)(H,38,44)(H,39,43)(H4,34,35,36)/t23-,24-,25-/m0/s1. The second-order valence-corrected chi connectivity index (χ2v) is 10.5. The van der Waals surface area contributed by atoms with E-state index in [0.29, 0.717) is 12.0 Å². The Morgan fingerprint density at radius 1 is 0.804 bits per heavy atom. The smallest absolute Gasteiger partial charge is 0.252 e. The van der Waals surface area contributed by atoms with Crippen molar-refractivity contribution >= 4 is 29.6 Å². The van der Waals surface area contributed by atoms with E-state index in [1.54, 1.807) is 36.4 Å². The van der Waals surface area contributed by atoms with Crippen LogP contribution in [0.5, 0.6) is 17.2 Å². The first kappa shape index (κ1) is 34.7. The maximum Gasteiger partial charge on any atom is 0.252 e. The molecule has 46 heavy (non-hydrogen) atoms. The third-order valence-corrected chi connectivity index (χ3v) is 7.00. The van der Waals surface area contributed by atoms with Gasteiger partial charge in [0.2, 0.25) is 17.7 Å². The molecule has 0 aliphatic carbocycles. The first-order chi connectivity index (χ1) is 22.0. The van der Waals surface area contributed by atoms with Crippen LogP contribution in [0.3, 0.4) is 0 Å². The van der Waals surface area contributed by atoms with Gasteiger partial charge in [-0.2, -0.15) is 0 Å². The molecule has 0 aromatic heterocycles. The summed E-state index contributed by atoms with van der Waals surface area (Å²) >= 11 is 0. The molecular weight excluding hydrogens is 594 g/mol. The van der Waals surface area contributed by atoms with Gasteiger partial charge in [-0.1, -0.05) is 42.5 Å². The molecule has 0 aliphatic rings. The monoisotopic (exact) mass is 633 g/mol. The molecule has 0 fully saturated rings. The van der Waals surface area contributed by atoms with E-state index < -0.39 is 41.8 Å². The molecule has 0 radical (unpaired) electrons. The molecule has 4 amide bonds. The summed E-state index contributed by atoms with van der Waals surface area (Å²) in [7, 11) is 1.33. The first-order valence-corrected chi connectivity index (χ1v) is 14.4. The highest BCUT2D eigenvalue weighted by molar-refractivity contribution is 5.99. The molecule has 244 valence electrons. The van der Waals surface area contributed by atoms with Gasteiger partial charge in [-0.05, 0) is 54.3 Å². The number of nitrogens with one attached hydrogen (secondary N) is 5. The molecule has 3 atom stereocenters. The van der Waals surface area contributed by atoms with Crippen LogP contribution in [0.2, 0.25) is 0 Å². The highest BCUT2D eigenvalue weighted by Crippen LogP contribution is 2.26. The van der Waals surface area contributed by atoms with Crippen molar-refractivity contribution in [2.45, 2.75) is 43.8 Å². The van der Waals surface area contributed by atoms with Gasteiger partial charge in [0, 0.05) is 24.9 Å². The fourth-order valence-corrected chi connectivity index (χ4v) is 4.55. The zero-order chi connectivity index (χ0) is 33.6. The highest BCUT2D eigenvalue weighted by Gasteiger charge is 2.29. The fraction of sp³-hybridized carbons (Fsp3) is 0.281. The highest BCUT2D eigenvalue weighted by atomic mass is 16.5. The Morgan fingerprint density at radius 3 is 2.04 bits per heavy atom. The Hall–Kier alpha value is -5.79. The number of phenols is 2. The largest absolute Gasteiger partial charge is 0.508 e. The van der Waals surface area contributed by atoms with E-state index in [1.807, 2.05) is 6.07 Å². The van der Waals surface area contributed by atoms with E-state index in [1.165, 1.54) is 37.4 Å². The molecule has 0 spiro atoms. The second-order valence-electron chi connectivity index (χ2n) is 10.5. The summed E-state index contributed by atoms with van der Waals surface area (Å²) in [6.07, 6.45) is 0.513. The number of nitrogens with two attached hydrogens (primary N) is 2. The molecule has 0 aliphatic heterocycles. The summed E-state index contributed by atoms with van der Waals surface area (Å²) in [5.74, 6) is -3.15. The fourth-order valence-electron chi connectivity index (χ4n) is 4.55. The Morgan fingerprint density at radius 2 is 1.41 bits per heavy atom. The number of phenolic OH excluding ortho intramolecular Hbond substituents is 2. The minimum atomic E-state index is -1.20. The summed E-state index contributed by atoms with van der Waals surface area (Å²) in [6.45, 7) is 0.231. The van der Waals surface area contributed by atoms with Crippen molar-refractivity contribution in [3.8, 4) is 17.2 Å². The summed E-state index contributed by atoms with van der Waals surface area (Å²) in [4.78, 5) is 52.7. The van der Waals surface area contributed by atoms with E-state index in [9.17, 15) is 29.4 Å². The molecule has 0 heterocycles. The SMILES string of the molecule is COc1cc(C(=O)N[C@@H](Cc2ccc(O)cc2)C(=O)N[C@@H](CCCNC(=N)N)C(=O)N[C@@H](Cc2ccccc2)C(N)=O)ccc1O. The van der Waals surface area contributed by atoms with Gasteiger partial charge < -0.3 is 47.7 Å². The minimum Gasteiger partial charge on any atom is -0.508 e. The lowest BCUT2D eigenvalue weighted by Crippen LogP contribution is -2.57. The minimum absolute atomic E-state index is 0.00871. The van der Waals surface area contributed by atoms with Crippen LogP contribution in [-0.2, 0) is 27.2 Å². The number of primary amides is 1. The van der Waals surface area contributed by atoms with Gasteiger partial charge in [0.1, 0.15) is 23.9 Å². The van der Waals surface area contributed by atoms with Gasteiger partial charge in [0.05, 0.1) is 7.11 Å². The Balaban J connectivity index is 1.84. The van der Waals surface area contributed by atoms with Crippen LogP contribution in [0, 0.1) is 5.41 Å². The van der Waals surface area contributed by atoms with Gasteiger partial charge in [0.25, 0.3) is 5.91 Å². The Bertz CT molecular complexity index is 1520. The number of methoxy groups -OCH3 is 1. The maximum atomic E-state index is 13.7. The molecule has 14 nitrogen and oxygen atoms in total. The lowest BCUT2D eigenvalue weighted by atomic mass is 10.0. The number of ether oxygens (including phenoxy) is 1. The zero-order valence-electron chi connectivity index (χ0n) is 25.3. The molecule has 14 heteroatoms. The average Bonchev–Trinajstić information content (AvgIpc) is 3.03. The van der Waals surface area contributed by atoms with Crippen LogP contribution in [-0.4, -0.2) is 71.6 Å². The topological polar surface area (TPSA) is 242 Å². The van der Waals surface area contributed by atoms with Crippen molar-refractivity contribution in [3.05, 3.63) is 89.5 Å². The van der Waals surface area contributed by atoms with Crippen molar-refractivity contribution in [2.75, 3.05) is 13.7 Å². The Labute approximate surface area is 266 Å². The summed E-state index contributed by atoms with van der Waals surface area (Å²) in [5.41, 5.74) is 12.4. The third kappa shape index (κ3) is 10.7. The first-order valence-electron chi connectivity index (χ1n) is 14.4. The second kappa shape index (κ2) is 16.9. The van der Waals surface area contributed by atoms with E-state index in [2.05, 4.69) is 21.3 Å². The van der Waals surface area contributed by atoms with Crippen LogP contribution in [0.15, 0.2) is 72.8 Å². The number of amides is 4. The molecule has 3 rings (SSSR count). The molecule has 0 saturated carbocycles. The van der Waals surface area contributed by atoms with Crippen LogP contribution < -0.4 is 37.5 Å². The Kier molecular flexibility index (Phi) is 12.7. The molecule has 0 unspecified atom stereocenters. The molecule has 0 bridgehead atoms. The predicted molar refractivity (Wildman–Crippen MR) is 170 cm³/mol. The van der Waals surface area contributed by atoms with Crippen molar-refractivity contribution < 1.29 is 34.1 Å². The molecule has 11 N–H and O–H groups in total. The van der Waals surface area contributed by atoms with E-state index >= 15 is 0 Å². The third-order valence-electron chi connectivity index (χ3n) is 7.00. The molecular formula is C32H39N7O7. The normalized spacial score (nSPS) is 12.5. The molecule has 3 aromatic rings. The summed E-state index contributed by atoms with van der Waals surface area (Å²) < 4.78 is 5.08. The van der Waals surface area contributed by atoms with Gasteiger partial charge in [-0.3, -0.25) is 24.6 Å². The quantitative estimate of drug-likeness (QED) is 0.0602. The number of hydrogen-bond acceptors (Lipinski definition) is 8. The predicted octanol–water partition coefficient (Wildman–Crippen LogP) is 0.408. The van der Waals surface area contributed by atoms with E-state index in [-0.39, 0.29) is 54.6 Å². The van der Waals surface area contributed by atoms with Gasteiger partial charge >= 0.3 is 0 Å². The van der Waals surface area contributed by atoms with Crippen LogP contribution in [0.25, 0.3) is 0 Å². The van der Waals surface area contributed by atoms with Gasteiger partial charge in [0.15, 0.2) is 17.5 Å². The number of carbonyl (C=O) groups excluding carboxylic acids is 4. The number of carbonyl (C=O) groups is 4. The molecule has 0 saturated heterocycles. The maximum absolute atomic E-state index is 13.7. The van der Waals surface area contributed by atoms with Crippen LogP contribution >= 0.6 is 0 Å². The molecule has 3 aromatic carbocycles. The summed E-state index contributed by atoms with van der Waals surface area (Å²) in [5, 5.41) is 37.6. The van der Waals surface area contributed by atoms with Crippen LogP contribution in [0.4, 0.5) is 0 Å². The number of benzene rings is 3.